The molecule has 2 aliphatic rings. The standard InChI is InChI=1S/C16H25NOS/c1-3-19-13-8-7-12(10-13)17-11(2)9-14-15(17)5-4-6-16(14)18/h9,12-13,16,18H,3-8,10H2,1-2H3. The maximum absolute atomic E-state index is 10.2. The zero-order valence-electron chi connectivity index (χ0n) is 12.1. The molecular weight excluding hydrogens is 254 g/mol. The van der Waals surface area contributed by atoms with Crippen LogP contribution in [0.25, 0.3) is 0 Å². The zero-order chi connectivity index (χ0) is 13.4. The molecule has 3 heteroatoms. The van der Waals surface area contributed by atoms with Crippen molar-refractivity contribution in [3.8, 4) is 0 Å². The molecule has 106 valence electrons. The van der Waals surface area contributed by atoms with Crippen molar-refractivity contribution in [1.29, 1.82) is 0 Å². The van der Waals surface area contributed by atoms with Crippen LogP contribution in [-0.4, -0.2) is 20.7 Å². The molecule has 1 fully saturated rings. The van der Waals surface area contributed by atoms with E-state index >= 15 is 0 Å². The molecule has 1 saturated carbocycles. The number of thioether (sulfide) groups is 1. The molecule has 1 N–H and O–H groups in total. The molecule has 2 aliphatic carbocycles. The molecule has 0 bridgehead atoms. The fraction of sp³-hybridized carbons (Fsp3) is 0.750. The summed E-state index contributed by atoms with van der Waals surface area (Å²) in [5, 5.41) is 11.0. The molecule has 3 rings (SSSR count). The van der Waals surface area contributed by atoms with Crippen molar-refractivity contribution in [3.05, 3.63) is 23.0 Å². The first-order valence-corrected chi connectivity index (χ1v) is 8.75. The predicted molar refractivity (Wildman–Crippen MR) is 81.9 cm³/mol. The Kier molecular flexibility index (Phi) is 3.95. The summed E-state index contributed by atoms with van der Waals surface area (Å²) >= 11 is 2.12. The van der Waals surface area contributed by atoms with E-state index in [-0.39, 0.29) is 6.10 Å². The van der Waals surface area contributed by atoms with E-state index in [4.69, 9.17) is 0 Å². The van der Waals surface area contributed by atoms with Crippen molar-refractivity contribution >= 4 is 11.8 Å². The minimum absolute atomic E-state index is 0.217. The van der Waals surface area contributed by atoms with E-state index in [0.717, 1.165) is 24.5 Å². The van der Waals surface area contributed by atoms with Crippen molar-refractivity contribution in [2.75, 3.05) is 5.75 Å². The van der Waals surface area contributed by atoms with Crippen LogP contribution in [0.2, 0.25) is 0 Å². The highest BCUT2D eigenvalue weighted by Crippen LogP contribution is 2.41. The zero-order valence-corrected chi connectivity index (χ0v) is 12.9. The van der Waals surface area contributed by atoms with Crippen molar-refractivity contribution in [1.82, 2.24) is 4.57 Å². The van der Waals surface area contributed by atoms with Crippen LogP contribution in [0.3, 0.4) is 0 Å². The molecule has 1 heterocycles. The molecule has 0 aliphatic heterocycles. The van der Waals surface area contributed by atoms with Crippen LogP contribution in [0.15, 0.2) is 6.07 Å². The Hall–Kier alpha value is -0.410. The van der Waals surface area contributed by atoms with Crippen LogP contribution in [0, 0.1) is 6.92 Å². The van der Waals surface area contributed by atoms with Gasteiger partial charge in [0, 0.05) is 28.2 Å². The summed E-state index contributed by atoms with van der Waals surface area (Å²) in [4.78, 5) is 0. The summed E-state index contributed by atoms with van der Waals surface area (Å²) in [6, 6.07) is 2.91. The van der Waals surface area contributed by atoms with Crippen molar-refractivity contribution in [2.24, 2.45) is 0 Å². The number of fused-ring (bicyclic) bond motifs is 1. The Balaban J connectivity index is 1.85. The summed E-state index contributed by atoms with van der Waals surface area (Å²) in [7, 11) is 0. The Morgan fingerprint density at radius 3 is 3.00 bits per heavy atom. The lowest BCUT2D eigenvalue weighted by atomic mass is 9.95. The molecule has 0 aromatic carbocycles. The van der Waals surface area contributed by atoms with Gasteiger partial charge in [-0.2, -0.15) is 11.8 Å². The van der Waals surface area contributed by atoms with E-state index in [1.165, 1.54) is 42.0 Å². The normalized spacial score (nSPS) is 30.6. The smallest absolute Gasteiger partial charge is 0.0807 e. The first-order chi connectivity index (χ1) is 9.20. The summed E-state index contributed by atoms with van der Waals surface area (Å²) < 4.78 is 2.56. The van der Waals surface area contributed by atoms with Crippen molar-refractivity contribution in [3.63, 3.8) is 0 Å². The average Bonchev–Trinajstić information content (AvgIpc) is 2.94. The number of aliphatic hydroxyl groups excluding tert-OH is 1. The quantitative estimate of drug-likeness (QED) is 0.904. The molecule has 0 amide bonds. The first-order valence-electron chi connectivity index (χ1n) is 7.71. The SMILES string of the molecule is CCSC1CCC(n2c(C)cc3c2CCCC3O)C1. The summed E-state index contributed by atoms with van der Waals surface area (Å²) in [5.41, 5.74) is 4.01. The third kappa shape index (κ3) is 2.47. The van der Waals surface area contributed by atoms with Gasteiger partial charge >= 0.3 is 0 Å². The molecule has 3 atom stereocenters. The molecule has 1 aromatic heterocycles. The lowest BCUT2D eigenvalue weighted by molar-refractivity contribution is 0.155. The van der Waals surface area contributed by atoms with E-state index in [1.807, 2.05) is 0 Å². The summed E-state index contributed by atoms with van der Waals surface area (Å²) in [6.07, 6.45) is 7.01. The molecule has 2 nitrogen and oxygen atoms in total. The van der Waals surface area contributed by atoms with Crippen LogP contribution >= 0.6 is 11.8 Å². The van der Waals surface area contributed by atoms with Gasteiger partial charge in [-0.1, -0.05) is 6.92 Å². The summed E-state index contributed by atoms with van der Waals surface area (Å²) in [5.74, 6) is 1.23. The van der Waals surface area contributed by atoms with Gasteiger partial charge in [0.25, 0.3) is 0 Å². The topological polar surface area (TPSA) is 25.2 Å². The van der Waals surface area contributed by atoms with Gasteiger partial charge < -0.3 is 9.67 Å². The Bertz CT molecular complexity index is 454. The Morgan fingerprint density at radius 2 is 2.21 bits per heavy atom. The Morgan fingerprint density at radius 1 is 1.37 bits per heavy atom. The maximum Gasteiger partial charge on any atom is 0.0807 e. The van der Waals surface area contributed by atoms with Gasteiger partial charge in [0.15, 0.2) is 0 Å². The molecule has 0 spiro atoms. The highest BCUT2D eigenvalue weighted by Gasteiger charge is 2.31. The molecule has 1 aromatic rings. The number of aryl methyl sites for hydroxylation is 1. The van der Waals surface area contributed by atoms with Crippen molar-refractivity contribution < 1.29 is 5.11 Å². The third-order valence-electron chi connectivity index (χ3n) is 4.74. The van der Waals surface area contributed by atoms with Crippen LogP contribution in [0.4, 0.5) is 0 Å². The largest absolute Gasteiger partial charge is 0.388 e. The van der Waals surface area contributed by atoms with Gasteiger partial charge in [-0.05, 0) is 57.3 Å². The van der Waals surface area contributed by atoms with E-state index < -0.39 is 0 Å². The second-order valence-corrected chi connectivity index (χ2v) is 7.59. The number of aromatic nitrogens is 1. The van der Waals surface area contributed by atoms with Gasteiger partial charge in [0.2, 0.25) is 0 Å². The molecular formula is C16H25NOS. The first kappa shape index (κ1) is 13.6. The van der Waals surface area contributed by atoms with Gasteiger partial charge in [-0.15, -0.1) is 0 Å². The number of rotatable bonds is 3. The minimum atomic E-state index is -0.217. The van der Waals surface area contributed by atoms with Crippen molar-refractivity contribution in [2.45, 2.75) is 69.8 Å². The average molecular weight is 279 g/mol. The number of nitrogens with zero attached hydrogens (tertiary/aromatic N) is 1. The van der Waals surface area contributed by atoms with E-state index in [2.05, 4.69) is 36.2 Å². The summed E-state index contributed by atoms with van der Waals surface area (Å²) in [6.45, 7) is 4.47. The minimum Gasteiger partial charge on any atom is -0.388 e. The number of hydrogen-bond acceptors (Lipinski definition) is 2. The molecule has 3 unspecified atom stereocenters. The Labute approximate surface area is 120 Å². The second kappa shape index (κ2) is 5.53. The van der Waals surface area contributed by atoms with Gasteiger partial charge in [0.05, 0.1) is 6.10 Å². The van der Waals surface area contributed by atoms with Gasteiger partial charge in [-0.3, -0.25) is 0 Å². The maximum atomic E-state index is 10.2. The van der Waals surface area contributed by atoms with Crippen LogP contribution in [0.5, 0.6) is 0 Å². The highest BCUT2D eigenvalue weighted by atomic mass is 32.2. The lowest BCUT2D eigenvalue weighted by Crippen LogP contribution is -2.16. The van der Waals surface area contributed by atoms with Gasteiger partial charge in [-0.25, -0.2) is 0 Å². The fourth-order valence-corrected chi connectivity index (χ4v) is 5.08. The molecule has 0 saturated heterocycles. The van der Waals surface area contributed by atoms with Crippen LogP contribution in [-0.2, 0) is 6.42 Å². The van der Waals surface area contributed by atoms with E-state index in [1.54, 1.807) is 0 Å². The monoisotopic (exact) mass is 279 g/mol. The van der Waals surface area contributed by atoms with Crippen LogP contribution in [0.1, 0.15) is 68.1 Å². The van der Waals surface area contributed by atoms with E-state index in [9.17, 15) is 5.11 Å². The van der Waals surface area contributed by atoms with Gasteiger partial charge in [0.1, 0.15) is 0 Å². The van der Waals surface area contributed by atoms with E-state index in [0.29, 0.717) is 6.04 Å². The molecule has 0 radical (unpaired) electrons. The number of aliphatic hydroxyl groups is 1. The predicted octanol–water partition coefficient (Wildman–Crippen LogP) is 4.01. The second-order valence-electron chi connectivity index (χ2n) is 6.01. The third-order valence-corrected chi connectivity index (χ3v) is 5.98. The highest BCUT2D eigenvalue weighted by molar-refractivity contribution is 7.99. The number of hydrogen-bond donors (Lipinski definition) is 1. The fourth-order valence-electron chi connectivity index (χ4n) is 3.95. The lowest BCUT2D eigenvalue weighted by Gasteiger charge is -2.24. The molecule has 19 heavy (non-hydrogen) atoms. The van der Waals surface area contributed by atoms with Crippen LogP contribution < -0.4 is 0 Å².